The van der Waals surface area contributed by atoms with Gasteiger partial charge >= 0.3 is 0 Å². The number of rotatable bonds is 3. The Morgan fingerprint density at radius 1 is 1.11 bits per heavy atom. The van der Waals surface area contributed by atoms with E-state index in [2.05, 4.69) is 5.32 Å². The quantitative estimate of drug-likeness (QED) is 0.749. The van der Waals surface area contributed by atoms with E-state index < -0.39 is 10.0 Å². The Kier molecular flexibility index (Phi) is 7.44. The lowest BCUT2D eigenvalue weighted by Gasteiger charge is -2.34. The third-order valence-corrected chi connectivity index (χ3v) is 7.06. The third kappa shape index (κ3) is 4.65. The number of hydrogen-bond donors (Lipinski definition) is 1. The van der Waals surface area contributed by atoms with Gasteiger partial charge in [0.25, 0.3) is 5.91 Å². The maximum Gasteiger partial charge on any atom is 0.254 e. The van der Waals surface area contributed by atoms with Crippen molar-refractivity contribution in [3.05, 3.63) is 29.8 Å². The highest BCUT2D eigenvalue weighted by Gasteiger charge is 2.30. The second-order valence-corrected chi connectivity index (χ2v) is 8.93. The van der Waals surface area contributed by atoms with Gasteiger partial charge in [0, 0.05) is 64.3 Å². The van der Waals surface area contributed by atoms with Gasteiger partial charge in [0.15, 0.2) is 0 Å². The zero-order chi connectivity index (χ0) is 19.6. The molecule has 2 fully saturated rings. The molecule has 2 heterocycles. The number of nitrogens with one attached hydrogen (secondary N) is 1. The molecule has 1 aromatic rings. The van der Waals surface area contributed by atoms with Crippen LogP contribution in [-0.2, 0) is 14.8 Å². The number of carbonyl (C=O) groups is 2. The van der Waals surface area contributed by atoms with E-state index >= 15 is 0 Å². The predicted molar refractivity (Wildman–Crippen MR) is 108 cm³/mol. The Balaban J connectivity index is 0.00000280. The maximum atomic E-state index is 13.0. The first kappa shape index (κ1) is 22.6. The highest BCUT2D eigenvalue weighted by atomic mass is 35.5. The van der Waals surface area contributed by atoms with Crippen LogP contribution >= 0.6 is 12.4 Å². The van der Waals surface area contributed by atoms with Crippen LogP contribution in [0.1, 0.15) is 24.2 Å². The number of nitrogens with zero attached hydrogens (tertiary/aromatic N) is 3. The van der Waals surface area contributed by atoms with Crippen LogP contribution in [-0.4, -0.2) is 86.2 Å². The lowest BCUT2D eigenvalue weighted by Crippen LogP contribution is -2.52. The van der Waals surface area contributed by atoms with E-state index in [1.54, 1.807) is 21.9 Å². The lowest BCUT2D eigenvalue weighted by molar-refractivity contribution is -0.129. The van der Waals surface area contributed by atoms with Crippen molar-refractivity contribution < 1.29 is 18.0 Å². The van der Waals surface area contributed by atoms with Gasteiger partial charge in [-0.15, -0.1) is 12.4 Å². The maximum absolute atomic E-state index is 13.0. The summed E-state index contributed by atoms with van der Waals surface area (Å²) in [6.07, 6.45) is 0. The van der Waals surface area contributed by atoms with Crippen molar-refractivity contribution in [2.24, 2.45) is 0 Å². The predicted octanol–water partition coefficient (Wildman–Crippen LogP) is 0.395. The van der Waals surface area contributed by atoms with Crippen LogP contribution in [0.25, 0.3) is 0 Å². The van der Waals surface area contributed by atoms with Crippen molar-refractivity contribution in [3.63, 3.8) is 0 Å². The normalized spacial score (nSPS) is 21.1. The monoisotopic (exact) mass is 430 g/mol. The Morgan fingerprint density at radius 2 is 1.79 bits per heavy atom. The van der Waals surface area contributed by atoms with E-state index in [9.17, 15) is 18.0 Å². The number of hydrogen-bond acceptors (Lipinski definition) is 5. The summed E-state index contributed by atoms with van der Waals surface area (Å²) in [5.74, 6) is -0.202. The topological polar surface area (TPSA) is 90.0 Å². The first-order chi connectivity index (χ1) is 12.8. The number of carbonyl (C=O) groups excluding carboxylic acids is 2. The van der Waals surface area contributed by atoms with E-state index in [1.165, 1.54) is 23.4 Å². The van der Waals surface area contributed by atoms with Gasteiger partial charge in [-0.05, 0) is 25.1 Å². The Hall–Kier alpha value is -1.68. The van der Waals surface area contributed by atoms with Crippen molar-refractivity contribution in [1.29, 1.82) is 0 Å². The minimum atomic E-state index is -3.70. The minimum absolute atomic E-state index is 0. The van der Waals surface area contributed by atoms with Gasteiger partial charge in [-0.2, -0.15) is 4.31 Å². The zero-order valence-electron chi connectivity index (χ0n) is 16.1. The molecule has 0 unspecified atom stereocenters. The van der Waals surface area contributed by atoms with Crippen LogP contribution < -0.4 is 5.32 Å². The first-order valence-corrected chi connectivity index (χ1v) is 10.6. The molecule has 0 aromatic heterocycles. The van der Waals surface area contributed by atoms with Gasteiger partial charge in [-0.1, -0.05) is 6.07 Å². The minimum Gasteiger partial charge on any atom is -0.340 e. The molecule has 2 saturated heterocycles. The molecule has 1 aromatic carbocycles. The van der Waals surface area contributed by atoms with Crippen LogP contribution in [0.15, 0.2) is 29.2 Å². The van der Waals surface area contributed by atoms with Gasteiger partial charge in [-0.25, -0.2) is 8.42 Å². The fourth-order valence-corrected chi connectivity index (χ4v) is 4.96. The average Bonchev–Trinajstić information content (AvgIpc) is 2.68. The summed E-state index contributed by atoms with van der Waals surface area (Å²) >= 11 is 0. The molecule has 1 atom stereocenters. The summed E-state index contributed by atoms with van der Waals surface area (Å²) in [5, 5.41) is 3.24. The molecular weight excluding hydrogens is 404 g/mol. The van der Waals surface area contributed by atoms with E-state index in [0.29, 0.717) is 25.2 Å². The van der Waals surface area contributed by atoms with Gasteiger partial charge in [0.1, 0.15) is 0 Å². The highest BCUT2D eigenvalue weighted by molar-refractivity contribution is 7.89. The summed E-state index contributed by atoms with van der Waals surface area (Å²) in [7, 11) is -3.70. The van der Waals surface area contributed by atoms with Gasteiger partial charge < -0.3 is 15.1 Å². The SMILES string of the molecule is CC(=O)N1CCN(S(=O)(=O)c2cccc(C(=O)N3CCNC[C@@H]3C)c2)CC1.Cl. The molecule has 0 aliphatic carbocycles. The highest BCUT2D eigenvalue weighted by Crippen LogP contribution is 2.20. The molecule has 0 bridgehead atoms. The molecule has 156 valence electrons. The van der Waals surface area contributed by atoms with Crippen LogP contribution in [0.4, 0.5) is 0 Å². The molecule has 2 amide bonds. The summed E-state index contributed by atoms with van der Waals surface area (Å²) in [6.45, 7) is 6.79. The average molecular weight is 431 g/mol. The second kappa shape index (κ2) is 9.21. The Labute approximate surface area is 172 Å². The largest absolute Gasteiger partial charge is 0.340 e. The summed E-state index contributed by atoms with van der Waals surface area (Å²) in [6, 6.07) is 6.31. The van der Waals surface area contributed by atoms with Crippen LogP contribution in [0.5, 0.6) is 0 Å². The lowest BCUT2D eigenvalue weighted by atomic mass is 10.1. The second-order valence-electron chi connectivity index (χ2n) is 6.99. The molecule has 28 heavy (non-hydrogen) atoms. The molecule has 10 heteroatoms. The number of piperazine rings is 2. The smallest absolute Gasteiger partial charge is 0.254 e. The molecule has 2 aliphatic rings. The van der Waals surface area contributed by atoms with Crippen molar-refractivity contribution in [2.45, 2.75) is 24.8 Å². The number of sulfonamides is 1. The number of amides is 2. The van der Waals surface area contributed by atoms with Crippen molar-refractivity contribution >= 4 is 34.2 Å². The third-order valence-electron chi connectivity index (χ3n) is 5.16. The van der Waals surface area contributed by atoms with Gasteiger partial charge in [-0.3, -0.25) is 9.59 Å². The molecule has 0 saturated carbocycles. The fraction of sp³-hybridized carbons (Fsp3) is 0.556. The molecule has 8 nitrogen and oxygen atoms in total. The Morgan fingerprint density at radius 3 is 2.39 bits per heavy atom. The van der Waals surface area contributed by atoms with E-state index in [1.807, 2.05) is 6.92 Å². The van der Waals surface area contributed by atoms with Crippen LogP contribution in [0, 0.1) is 0 Å². The van der Waals surface area contributed by atoms with E-state index in [-0.39, 0.29) is 48.2 Å². The van der Waals surface area contributed by atoms with Crippen molar-refractivity contribution in [1.82, 2.24) is 19.4 Å². The molecule has 0 spiro atoms. The number of benzene rings is 1. The van der Waals surface area contributed by atoms with E-state index in [4.69, 9.17) is 0 Å². The molecular formula is C18H27ClN4O4S. The summed E-state index contributed by atoms with van der Waals surface area (Å²) in [5.41, 5.74) is 0.382. The fourth-order valence-electron chi connectivity index (χ4n) is 3.49. The van der Waals surface area contributed by atoms with Crippen LogP contribution in [0.2, 0.25) is 0 Å². The standard InChI is InChI=1S/C18H26N4O4S.ClH/c1-14-13-19-6-7-22(14)18(24)16-4-3-5-17(12-16)27(25,26)21-10-8-20(9-11-21)15(2)23;/h3-5,12,14,19H,6-11,13H2,1-2H3;1H/t14-;/m0./s1. The molecule has 0 radical (unpaired) electrons. The van der Waals surface area contributed by atoms with E-state index in [0.717, 1.165) is 13.1 Å². The Bertz CT molecular complexity index is 825. The van der Waals surface area contributed by atoms with Gasteiger partial charge in [0.05, 0.1) is 4.90 Å². The first-order valence-electron chi connectivity index (χ1n) is 9.18. The van der Waals surface area contributed by atoms with Crippen LogP contribution in [0.3, 0.4) is 0 Å². The molecule has 1 N–H and O–H groups in total. The molecule has 2 aliphatic heterocycles. The summed E-state index contributed by atoms with van der Waals surface area (Å²) in [4.78, 5) is 27.8. The van der Waals surface area contributed by atoms with Crippen molar-refractivity contribution in [3.8, 4) is 0 Å². The number of halogens is 1. The summed E-state index contributed by atoms with van der Waals surface area (Å²) < 4.78 is 27.3. The zero-order valence-corrected chi connectivity index (χ0v) is 17.8. The molecule has 3 rings (SSSR count). The van der Waals surface area contributed by atoms with Gasteiger partial charge in [0.2, 0.25) is 15.9 Å². The van der Waals surface area contributed by atoms with Crippen molar-refractivity contribution in [2.75, 3.05) is 45.8 Å².